The fraction of sp³-hybridized carbons (Fsp3) is 1.00. The molecule has 0 saturated heterocycles. The van der Waals surface area contributed by atoms with Crippen LogP contribution in [0.2, 0.25) is 0 Å². The fourth-order valence-electron chi connectivity index (χ4n) is 0.553. The van der Waals surface area contributed by atoms with Crippen molar-refractivity contribution in [3.63, 3.8) is 0 Å². The largest absolute Gasteiger partial charge is 0.436 e. The molecule has 12 heteroatoms. The van der Waals surface area contributed by atoms with E-state index in [9.17, 15) is 39.5 Å². The molecule has 0 aromatic rings. The Hall–Kier alpha value is 0.680. The van der Waals surface area contributed by atoms with Crippen LogP contribution in [0.15, 0.2) is 0 Å². The van der Waals surface area contributed by atoms with Gasteiger partial charge in [-0.1, -0.05) is 11.6 Å². The van der Waals surface area contributed by atoms with Gasteiger partial charge < -0.3 is 0 Å². The molecule has 0 N–H and O–H groups in total. The van der Waals surface area contributed by atoms with E-state index >= 15 is 0 Å². The van der Waals surface area contributed by atoms with Crippen LogP contribution < -0.4 is 0 Å². The smallest absolute Gasteiger partial charge is 0.217 e. The molecule has 0 nitrogen and oxygen atoms in total. The highest BCUT2D eigenvalue weighted by Gasteiger charge is 2.83. The Morgan fingerprint density at radius 1 is 0.706 bits per heavy atom. The molecule has 0 aromatic heterocycles. The Kier molecular flexibility index (Phi) is 4.53. The standard InChI is InChI=1S/C5Cl2F9I/c6-1(8,2(9,10)4(7,12)13)3(11,17)5(14,15)16. The molecule has 0 saturated carbocycles. The molecule has 0 fully saturated rings. The van der Waals surface area contributed by atoms with Gasteiger partial charge in [0.2, 0.25) is 0 Å². The van der Waals surface area contributed by atoms with Crippen molar-refractivity contribution in [1.29, 1.82) is 0 Å². The van der Waals surface area contributed by atoms with Gasteiger partial charge in [-0.15, -0.1) is 0 Å². The van der Waals surface area contributed by atoms with Gasteiger partial charge in [-0.25, -0.2) is 8.78 Å². The van der Waals surface area contributed by atoms with Gasteiger partial charge in [0, 0.05) is 0 Å². The zero-order valence-corrected chi connectivity index (χ0v) is 10.7. The van der Waals surface area contributed by atoms with Crippen LogP contribution in [-0.2, 0) is 0 Å². The SMILES string of the molecule is FC(F)(F)C(F)(I)C(F)(Cl)C(F)(F)C(F)(F)Cl. The first-order chi connectivity index (χ1) is 7.00. The highest BCUT2D eigenvalue weighted by molar-refractivity contribution is 14.1. The van der Waals surface area contributed by atoms with Gasteiger partial charge in [0.25, 0.3) is 0 Å². The molecule has 0 bridgehead atoms. The van der Waals surface area contributed by atoms with Crippen LogP contribution >= 0.6 is 45.8 Å². The molecule has 0 aliphatic carbocycles. The Morgan fingerprint density at radius 3 is 1.18 bits per heavy atom. The van der Waals surface area contributed by atoms with Crippen molar-refractivity contribution < 1.29 is 39.5 Å². The van der Waals surface area contributed by atoms with Crippen molar-refractivity contribution in [2.75, 3.05) is 0 Å². The molecule has 0 spiro atoms. The van der Waals surface area contributed by atoms with Gasteiger partial charge in [-0.05, 0) is 34.2 Å². The third kappa shape index (κ3) is 2.67. The van der Waals surface area contributed by atoms with Gasteiger partial charge in [0.05, 0.1) is 0 Å². The van der Waals surface area contributed by atoms with Crippen LogP contribution in [0.4, 0.5) is 39.5 Å². The maximum absolute atomic E-state index is 13.0. The number of hydrogen-bond donors (Lipinski definition) is 0. The van der Waals surface area contributed by atoms with Crippen molar-refractivity contribution in [3.05, 3.63) is 0 Å². The van der Waals surface area contributed by atoms with Gasteiger partial charge >= 0.3 is 26.3 Å². The van der Waals surface area contributed by atoms with E-state index in [1.54, 1.807) is 0 Å². The predicted octanol–water partition coefficient (Wildman–Crippen LogP) is 5.02. The second-order valence-electron chi connectivity index (χ2n) is 2.72. The monoisotopic (exact) mass is 428 g/mol. The zero-order valence-electron chi connectivity index (χ0n) is 7.04. The third-order valence-corrected chi connectivity index (χ3v) is 3.91. The lowest BCUT2D eigenvalue weighted by molar-refractivity contribution is -0.278. The van der Waals surface area contributed by atoms with E-state index in [-0.39, 0.29) is 0 Å². The van der Waals surface area contributed by atoms with Crippen LogP contribution in [-0.4, -0.2) is 26.3 Å². The van der Waals surface area contributed by atoms with Crippen LogP contribution in [0.25, 0.3) is 0 Å². The molecule has 0 amide bonds. The zero-order chi connectivity index (χ0) is 14.5. The van der Waals surface area contributed by atoms with E-state index in [2.05, 4.69) is 23.2 Å². The van der Waals surface area contributed by atoms with Crippen molar-refractivity contribution in [2.24, 2.45) is 0 Å². The molecule has 2 atom stereocenters. The number of alkyl halides is 12. The summed E-state index contributed by atoms with van der Waals surface area (Å²) < 4.78 is 105. The van der Waals surface area contributed by atoms with Crippen LogP contribution in [0.5, 0.6) is 0 Å². The van der Waals surface area contributed by atoms with E-state index in [1.165, 1.54) is 0 Å². The van der Waals surface area contributed by atoms with Gasteiger partial charge in [-0.2, -0.15) is 30.7 Å². The molecule has 2 unspecified atom stereocenters. The molecular weight excluding hydrogens is 429 g/mol. The maximum Gasteiger partial charge on any atom is 0.436 e. The van der Waals surface area contributed by atoms with E-state index in [4.69, 9.17) is 0 Å². The Labute approximate surface area is 112 Å². The molecule has 0 aliphatic rings. The minimum Gasteiger partial charge on any atom is -0.217 e. The number of rotatable bonds is 3. The van der Waals surface area contributed by atoms with Crippen LogP contribution in [0.3, 0.4) is 0 Å². The first-order valence-electron chi connectivity index (χ1n) is 3.27. The summed E-state index contributed by atoms with van der Waals surface area (Å²) in [5, 5.41) is -11.6. The minimum atomic E-state index is -6.30. The van der Waals surface area contributed by atoms with Gasteiger partial charge in [0.1, 0.15) is 0 Å². The normalized spacial score (nSPS) is 21.9. The molecule has 0 heterocycles. The molecule has 0 aromatic carbocycles. The van der Waals surface area contributed by atoms with Crippen molar-refractivity contribution in [3.8, 4) is 0 Å². The number of halogens is 12. The fourth-order valence-corrected chi connectivity index (χ4v) is 1.30. The minimum absolute atomic E-state index is 0.480. The first-order valence-corrected chi connectivity index (χ1v) is 5.10. The first kappa shape index (κ1) is 17.7. The van der Waals surface area contributed by atoms with E-state index in [0.29, 0.717) is 0 Å². The summed E-state index contributed by atoms with van der Waals surface area (Å²) >= 11 is 7.25. The predicted molar refractivity (Wildman–Crippen MR) is 49.4 cm³/mol. The van der Waals surface area contributed by atoms with E-state index in [0.717, 1.165) is 0 Å². The summed E-state index contributed by atoms with van der Waals surface area (Å²) in [7, 11) is 0. The molecular formula is C5Cl2F9I. The van der Waals surface area contributed by atoms with Gasteiger partial charge in [-0.3, -0.25) is 0 Å². The van der Waals surface area contributed by atoms with Gasteiger partial charge in [0.15, 0.2) is 0 Å². The van der Waals surface area contributed by atoms with E-state index < -0.39 is 48.9 Å². The van der Waals surface area contributed by atoms with E-state index in [1.807, 2.05) is 0 Å². The van der Waals surface area contributed by atoms with Crippen LogP contribution in [0, 0.1) is 0 Å². The average molecular weight is 429 g/mol. The van der Waals surface area contributed by atoms with Crippen molar-refractivity contribution in [2.45, 2.75) is 26.3 Å². The quantitative estimate of drug-likeness (QED) is 0.336. The second-order valence-corrected chi connectivity index (χ2v) is 5.20. The Balaban J connectivity index is 5.73. The molecule has 17 heavy (non-hydrogen) atoms. The Morgan fingerprint density at radius 2 is 1.00 bits per heavy atom. The van der Waals surface area contributed by atoms with Crippen molar-refractivity contribution >= 4 is 45.8 Å². The molecule has 0 radical (unpaired) electrons. The lowest BCUT2D eigenvalue weighted by Crippen LogP contribution is -2.63. The average Bonchev–Trinajstić information content (AvgIpc) is 1.98. The highest BCUT2D eigenvalue weighted by Crippen LogP contribution is 2.61. The summed E-state index contributed by atoms with van der Waals surface area (Å²) in [6, 6.07) is 0. The summed E-state index contributed by atoms with van der Waals surface area (Å²) in [5.74, 6) is -6.30. The second kappa shape index (κ2) is 4.36. The summed E-state index contributed by atoms with van der Waals surface area (Å²) in [6.07, 6.45) is -6.25. The van der Waals surface area contributed by atoms with Crippen LogP contribution in [0.1, 0.15) is 0 Å². The highest BCUT2D eigenvalue weighted by atomic mass is 127. The summed E-state index contributed by atoms with van der Waals surface area (Å²) in [5.41, 5.74) is 0. The van der Waals surface area contributed by atoms with Crippen molar-refractivity contribution in [1.82, 2.24) is 0 Å². The molecule has 0 aliphatic heterocycles. The lowest BCUT2D eigenvalue weighted by atomic mass is 10.1. The molecule has 104 valence electrons. The molecule has 0 rings (SSSR count). The topological polar surface area (TPSA) is 0 Å². The Bertz CT molecular complexity index is 263. The number of hydrogen-bond acceptors (Lipinski definition) is 0. The maximum atomic E-state index is 13.0. The lowest BCUT2D eigenvalue weighted by Gasteiger charge is -2.37. The summed E-state index contributed by atoms with van der Waals surface area (Å²) in [4.78, 5) is 0. The summed E-state index contributed by atoms with van der Waals surface area (Å²) in [6.45, 7) is 0. The third-order valence-electron chi connectivity index (χ3n) is 1.50.